The summed E-state index contributed by atoms with van der Waals surface area (Å²) in [4.78, 5) is 12.8. The molecule has 0 saturated carbocycles. The van der Waals surface area contributed by atoms with Crippen molar-refractivity contribution in [3.05, 3.63) is 83.8 Å². The molecular formula is C22H18F2N2O4. The molecule has 1 aliphatic heterocycles. The van der Waals surface area contributed by atoms with Crippen molar-refractivity contribution in [2.75, 3.05) is 13.7 Å². The molecule has 0 aliphatic carbocycles. The number of nitrogens with zero attached hydrogens (tertiary/aromatic N) is 2. The van der Waals surface area contributed by atoms with Gasteiger partial charge in [-0.05, 0) is 54.1 Å². The minimum Gasteiger partial charge on any atom is -0.497 e. The Morgan fingerprint density at radius 2 is 1.90 bits per heavy atom. The molecule has 8 heteroatoms. The maximum absolute atomic E-state index is 13.4. The van der Waals surface area contributed by atoms with Gasteiger partial charge in [-0.2, -0.15) is 5.10 Å². The Hall–Kier alpha value is -3.68. The molecule has 154 valence electrons. The van der Waals surface area contributed by atoms with E-state index in [2.05, 4.69) is 5.10 Å². The summed E-state index contributed by atoms with van der Waals surface area (Å²) in [7, 11) is 1.59. The van der Waals surface area contributed by atoms with Crippen molar-refractivity contribution in [3.8, 4) is 11.5 Å². The lowest BCUT2D eigenvalue weighted by Gasteiger charge is -2.20. The molecule has 1 amide bonds. The zero-order valence-corrected chi connectivity index (χ0v) is 16.0. The molecule has 1 aliphatic rings. The van der Waals surface area contributed by atoms with E-state index in [1.807, 2.05) is 24.3 Å². The van der Waals surface area contributed by atoms with Gasteiger partial charge in [0.05, 0.1) is 19.1 Å². The molecule has 0 saturated heterocycles. The van der Waals surface area contributed by atoms with Crippen molar-refractivity contribution < 1.29 is 27.5 Å². The van der Waals surface area contributed by atoms with Crippen molar-refractivity contribution in [1.82, 2.24) is 5.01 Å². The molecule has 30 heavy (non-hydrogen) atoms. The molecule has 6 nitrogen and oxygen atoms in total. The van der Waals surface area contributed by atoms with E-state index in [1.165, 1.54) is 17.3 Å². The molecule has 1 atom stereocenters. The largest absolute Gasteiger partial charge is 0.497 e. The van der Waals surface area contributed by atoms with Crippen molar-refractivity contribution in [2.45, 2.75) is 12.5 Å². The number of carbonyl (C=O) groups is 1. The van der Waals surface area contributed by atoms with Crippen LogP contribution in [0, 0.1) is 11.6 Å². The summed E-state index contributed by atoms with van der Waals surface area (Å²) in [5.41, 5.74) is 1.56. The number of hydrogen-bond acceptors (Lipinski definition) is 5. The molecule has 2 heterocycles. The second-order valence-electron chi connectivity index (χ2n) is 6.61. The summed E-state index contributed by atoms with van der Waals surface area (Å²) >= 11 is 0. The van der Waals surface area contributed by atoms with Gasteiger partial charge in [0.15, 0.2) is 18.2 Å². The lowest BCUT2D eigenvalue weighted by Crippen LogP contribution is -2.31. The van der Waals surface area contributed by atoms with Gasteiger partial charge >= 0.3 is 0 Å². The van der Waals surface area contributed by atoms with Crippen molar-refractivity contribution >= 4 is 11.6 Å². The lowest BCUT2D eigenvalue weighted by atomic mass is 10.0. The summed E-state index contributed by atoms with van der Waals surface area (Å²) in [5.74, 6) is -1.12. The Morgan fingerprint density at radius 3 is 2.57 bits per heavy atom. The fourth-order valence-corrected chi connectivity index (χ4v) is 3.18. The van der Waals surface area contributed by atoms with Gasteiger partial charge in [0.1, 0.15) is 23.3 Å². The highest BCUT2D eigenvalue weighted by Crippen LogP contribution is 2.33. The molecule has 2 aromatic carbocycles. The number of rotatable bonds is 6. The molecule has 1 aromatic heterocycles. The monoisotopic (exact) mass is 412 g/mol. The molecular weight excluding hydrogens is 394 g/mol. The average molecular weight is 412 g/mol. The van der Waals surface area contributed by atoms with Crippen LogP contribution in [0.2, 0.25) is 0 Å². The second-order valence-corrected chi connectivity index (χ2v) is 6.61. The van der Waals surface area contributed by atoms with E-state index in [9.17, 15) is 13.6 Å². The number of carbonyl (C=O) groups excluding carboxylic acids is 1. The van der Waals surface area contributed by atoms with E-state index in [4.69, 9.17) is 13.9 Å². The standard InChI is InChI=1S/C22H18F2N2O4/c1-28-15-6-4-14(5-7-15)19-12-20(21-3-2-10-29-21)26(25-19)22(27)13-30-16-8-9-17(23)18(24)11-16/h2-11,20H,12-13H2,1H3/t20-/m1/s1. The van der Waals surface area contributed by atoms with E-state index in [0.29, 0.717) is 23.6 Å². The van der Waals surface area contributed by atoms with Crippen molar-refractivity contribution in [3.63, 3.8) is 0 Å². The lowest BCUT2D eigenvalue weighted by molar-refractivity contribution is -0.135. The van der Waals surface area contributed by atoms with Crippen molar-refractivity contribution in [2.24, 2.45) is 5.10 Å². The van der Waals surface area contributed by atoms with Crippen LogP contribution in [0.1, 0.15) is 23.8 Å². The van der Waals surface area contributed by atoms with E-state index in [0.717, 1.165) is 17.7 Å². The third kappa shape index (κ3) is 4.03. The van der Waals surface area contributed by atoms with Gasteiger partial charge in [0.25, 0.3) is 5.91 Å². The van der Waals surface area contributed by atoms with Crippen LogP contribution in [0.5, 0.6) is 11.5 Å². The van der Waals surface area contributed by atoms with E-state index in [1.54, 1.807) is 19.2 Å². The Kier molecular flexibility index (Phi) is 5.47. The van der Waals surface area contributed by atoms with E-state index in [-0.39, 0.29) is 12.4 Å². The third-order valence-corrected chi connectivity index (χ3v) is 4.71. The molecule has 0 fully saturated rings. The highest BCUT2D eigenvalue weighted by molar-refractivity contribution is 6.03. The highest BCUT2D eigenvalue weighted by atomic mass is 19.2. The molecule has 0 radical (unpaired) electrons. The van der Waals surface area contributed by atoms with E-state index < -0.39 is 23.6 Å². The van der Waals surface area contributed by atoms with E-state index >= 15 is 0 Å². The number of ether oxygens (including phenoxy) is 2. The highest BCUT2D eigenvalue weighted by Gasteiger charge is 2.35. The number of benzene rings is 2. The molecule has 0 bridgehead atoms. The summed E-state index contributed by atoms with van der Waals surface area (Å²) in [6.07, 6.45) is 1.98. The molecule has 3 aromatic rings. The minimum atomic E-state index is -1.05. The molecule has 0 N–H and O–H groups in total. The van der Waals surface area contributed by atoms with Gasteiger partial charge < -0.3 is 13.9 Å². The Bertz CT molecular complexity index is 1070. The molecule has 0 spiro atoms. The maximum Gasteiger partial charge on any atom is 0.281 e. The first-order valence-corrected chi connectivity index (χ1v) is 9.20. The number of hydrazone groups is 1. The number of methoxy groups -OCH3 is 1. The summed E-state index contributed by atoms with van der Waals surface area (Å²) in [6, 6.07) is 13.5. The number of furan rings is 1. The Labute approximate surface area is 171 Å². The summed E-state index contributed by atoms with van der Waals surface area (Å²) in [5, 5.41) is 5.78. The smallest absolute Gasteiger partial charge is 0.281 e. The summed E-state index contributed by atoms with van der Waals surface area (Å²) in [6.45, 7) is -0.387. The fourth-order valence-electron chi connectivity index (χ4n) is 3.18. The first kappa shape index (κ1) is 19.6. The number of hydrogen-bond donors (Lipinski definition) is 0. The van der Waals surface area contributed by atoms with Gasteiger partial charge in [-0.25, -0.2) is 13.8 Å². The quantitative estimate of drug-likeness (QED) is 0.605. The van der Waals surface area contributed by atoms with Gasteiger partial charge in [0.2, 0.25) is 0 Å². The van der Waals surface area contributed by atoms with Gasteiger partial charge in [-0.15, -0.1) is 0 Å². The molecule has 0 unspecified atom stereocenters. The maximum atomic E-state index is 13.4. The zero-order valence-electron chi connectivity index (χ0n) is 16.0. The van der Waals surface area contributed by atoms with Crippen LogP contribution in [-0.4, -0.2) is 30.3 Å². The van der Waals surface area contributed by atoms with Crippen LogP contribution < -0.4 is 9.47 Å². The first-order valence-electron chi connectivity index (χ1n) is 9.20. The van der Waals surface area contributed by atoms with Crippen LogP contribution in [0.25, 0.3) is 0 Å². The van der Waals surface area contributed by atoms with Crippen LogP contribution in [0.15, 0.2) is 70.4 Å². The Balaban J connectivity index is 1.54. The average Bonchev–Trinajstić information content (AvgIpc) is 3.44. The van der Waals surface area contributed by atoms with Gasteiger partial charge in [0, 0.05) is 12.5 Å². The molecule has 4 rings (SSSR count). The first-order chi connectivity index (χ1) is 14.5. The van der Waals surface area contributed by atoms with Gasteiger partial charge in [-0.1, -0.05) is 0 Å². The minimum absolute atomic E-state index is 0.0513. The van der Waals surface area contributed by atoms with Crippen LogP contribution in [0.4, 0.5) is 8.78 Å². The normalized spacial score (nSPS) is 15.8. The summed E-state index contributed by atoms with van der Waals surface area (Å²) < 4.78 is 42.4. The van der Waals surface area contributed by atoms with Crippen LogP contribution in [-0.2, 0) is 4.79 Å². The number of halogens is 2. The van der Waals surface area contributed by atoms with Crippen LogP contribution in [0.3, 0.4) is 0 Å². The van der Waals surface area contributed by atoms with Gasteiger partial charge in [-0.3, -0.25) is 4.79 Å². The Morgan fingerprint density at radius 1 is 1.13 bits per heavy atom. The zero-order chi connectivity index (χ0) is 21.1. The van der Waals surface area contributed by atoms with Crippen LogP contribution >= 0.6 is 0 Å². The topological polar surface area (TPSA) is 64.3 Å². The second kappa shape index (κ2) is 8.36. The predicted octanol–water partition coefficient (Wildman–Crippen LogP) is 4.32. The SMILES string of the molecule is COc1ccc(C2=NN(C(=O)COc3ccc(F)c(F)c3)[C@@H](c3ccco3)C2)cc1. The van der Waals surface area contributed by atoms with Crippen molar-refractivity contribution in [1.29, 1.82) is 0 Å². The number of amides is 1. The fraction of sp³-hybridized carbons (Fsp3) is 0.182. The predicted molar refractivity (Wildman–Crippen MR) is 104 cm³/mol. The third-order valence-electron chi connectivity index (χ3n) is 4.71.